The van der Waals surface area contributed by atoms with Gasteiger partial charge in [-0.25, -0.2) is 0 Å². The monoisotopic (exact) mass is 263 g/mol. The van der Waals surface area contributed by atoms with Crippen molar-refractivity contribution < 1.29 is 9.53 Å². The van der Waals surface area contributed by atoms with Crippen LogP contribution in [0.4, 0.5) is 0 Å². The second kappa shape index (κ2) is 7.82. The van der Waals surface area contributed by atoms with Gasteiger partial charge in [0, 0.05) is 13.1 Å². The van der Waals surface area contributed by atoms with E-state index in [0.29, 0.717) is 6.42 Å². The van der Waals surface area contributed by atoms with Gasteiger partial charge in [-0.3, -0.25) is 4.79 Å². The molecule has 0 heterocycles. The second-order valence-corrected chi connectivity index (χ2v) is 4.86. The van der Waals surface area contributed by atoms with Crippen molar-refractivity contribution in [2.24, 2.45) is 0 Å². The second-order valence-electron chi connectivity index (χ2n) is 4.86. The quantitative estimate of drug-likeness (QED) is 0.756. The Labute approximate surface area is 116 Å². The van der Waals surface area contributed by atoms with Crippen molar-refractivity contribution in [3.8, 4) is 5.75 Å². The fourth-order valence-electron chi connectivity index (χ4n) is 2.24. The molecule has 106 valence electrons. The van der Waals surface area contributed by atoms with Gasteiger partial charge < -0.3 is 9.64 Å². The Morgan fingerprint density at radius 1 is 1.21 bits per heavy atom. The number of nitrogens with zero attached hydrogens (tertiary/aromatic N) is 1. The predicted molar refractivity (Wildman–Crippen MR) is 78.6 cm³/mol. The van der Waals surface area contributed by atoms with Crippen LogP contribution in [0, 0.1) is 6.92 Å². The van der Waals surface area contributed by atoms with E-state index in [1.807, 2.05) is 30.0 Å². The van der Waals surface area contributed by atoms with Crippen LogP contribution in [0.1, 0.15) is 37.8 Å². The number of hydrogen-bond acceptors (Lipinski definition) is 2. The topological polar surface area (TPSA) is 29.5 Å². The lowest BCUT2D eigenvalue weighted by Gasteiger charge is -2.21. The Hall–Kier alpha value is -1.51. The SMILES string of the molecule is CCCN(CCC)C(=O)Cc1ccc(OC)c(C)c1. The van der Waals surface area contributed by atoms with Gasteiger partial charge in [-0.1, -0.05) is 26.0 Å². The number of methoxy groups -OCH3 is 1. The molecule has 0 radical (unpaired) electrons. The molecule has 0 fully saturated rings. The van der Waals surface area contributed by atoms with Crippen LogP contribution in [0.2, 0.25) is 0 Å². The van der Waals surface area contributed by atoms with Crippen molar-refractivity contribution in [1.82, 2.24) is 4.90 Å². The minimum absolute atomic E-state index is 0.216. The first-order chi connectivity index (χ1) is 9.12. The lowest BCUT2D eigenvalue weighted by Crippen LogP contribution is -2.33. The number of benzene rings is 1. The Morgan fingerprint density at radius 2 is 1.84 bits per heavy atom. The average Bonchev–Trinajstić information content (AvgIpc) is 2.38. The van der Waals surface area contributed by atoms with Crippen LogP contribution in [0.15, 0.2) is 18.2 Å². The molecule has 0 spiro atoms. The fraction of sp³-hybridized carbons (Fsp3) is 0.562. The first-order valence-electron chi connectivity index (χ1n) is 7.03. The molecule has 0 unspecified atom stereocenters. The molecule has 1 aromatic carbocycles. The third kappa shape index (κ3) is 4.58. The number of aryl methyl sites for hydroxylation is 1. The lowest BCUT2D eigenvalue weighted by atomic mass is 10.1. The Kier molecular flexibility index (Phi) is 6.40. The molecule has 0 atom stereocenters. The van der Waals surface area contributed by atoms with E-state index in [1.165, 1.54) is 0 Å². The van der Waals surface area contributed by atoms with Gasteiger partial charge in [-0.05, 0) is 37.0 Å². The van der Waals surface area contributed by atoms with E-state index in [2.05, 4.69) is 13.8 Å². The van der Waals surface area contributed by atoms with E-state index in [4.69, 9.17) is 4.74 Å². The van der Waals surface area contributed by atoms with E-state index in [1.54, 1.807) is 7.11 Å². The molecule has 0 N–H and O–H groups in total. The van der Waals surface area contributed by atoms with E-state index < -0.39 is 0 Å². The summed E-state index contributed by atoms with van der Waals surface area (Å²) in [7, 11) is 1.66. The van der Waals surface area contributed by atoms with Crippen LogP contribution < -0.4 is 4.74 Å². The van der Waals surface area contributed by atoms with Crippen LogP contribution in [0.25, 0.3) is 0 Å². The van der Waals surface area contributed by atoms with E-state index in [9.17, 15) is 4.79 Å². The number of amides is 1. The van der Waals surface area contributed by atoms with Crippen LogP contribution in [-0.4, -0.2) is 31.0 Å². The third-order valence-corrected chi connectivity index (χ3v) is 3.15. The molecule has 3 heteroatoms. The summed E-state index contributed by atoms with van der Waals surface area (Å²) < 4.78 is 5.23. The number of rotatable bonds is 7. The highest BCUT2D eigenvalue weighted by Gasteiger charge is 2.12. The average molecular weight is 263 g/mol. The lowest BCUT2D eigenvalue weighted by molar-refractivity contribution is -0.130. The van der Waals surface area contributed by atoms with E-state index in [0.717, 1.165) is 42.8 Å². The van der Waals surface area contributed by atoms with Crippen molar-refractivity contribution in [1.29, 1.82) is 0 Å². The summed E-state index contributed by atoms with van der Waals surface area (Å²) in [6.07, 6.45) is 2.49. The minimum Gasteiger partial charge on any atom is -0.496 e. The normalized spacial score (nSPS) is 10.3. The summed E-state index contributed by atoms with van der Waals surface area (Å²) in [6, 6.07) is 5.94. The first kappa shape index (κ1) is 15.5. The maximum atomic E-state index is 12.3. The van der Waals surface area contributed by atoms with Gasteiger partial charge >= 0.3 is 0 Å². The molecule has 0 aromatic heterocycles. The summed E-state index contributed by atoms with van der Waals surface area (Å²) in [4.78, 5) is 14.2. The zero-order valence-electron chi connectivity index (χ0n) is 12.5. The summed E-state index contributed by atoms with van der Waals surface area (Å²) in [5.41, 5.74) is 2.13. The highest BCUT2D eigenvalue weighted by atomic mass is 16.5. The molecule has 0 aliphatic heterocycles. The molecule has 0 bridgehead atoms. The van der Waals surface area contributed by atoms with Crippen molar-refractivity contribution >= 4 is 5.91 Å². The summed E-state index contributed by atoms with van der Waals surface area (Å²) in [6.45, 7) is 7.91. The van der Waals surface area contributed by atoms with Crippen molar-refractivity contribution in [3.05, 3.63) is 29.3 Å². The van der Waals surface area contributed by atoms with Crippen LogP contribution in [-0.2, 0) is 11.2 Å². The molecule has 1 amide bonds. The minimum atomic E-state index is 0.216. The van der Waals surface area contributed by atoms with Crippen molar-refractivity contribution in [2.75, 3.05) is 20.2 Å². The zero-order chi connectivity index (χ0) is 14.3. The molecule has 0 aliphatic carbocycles. The number of carbonyl (C=O) groups excluding carboxylic acids is 1. The number of hydrogen-bond donors (Lipinski definition) is 0. The van der Waals surface area contributed by atoms with E-state index >= 15 is 0 Å². The van der Waals surface area contributed by atoms with Crippen molar-refractivity contribution in [2.45, 2.75) is 40.0 Å². The van der Waals surface area contributed by atoms with E-state index in [-0.39, 0.29) is 5.91 Å². The van der Waals surface area contributed by atoms with Crippen molar-refractivity contribution in [3.63, 3.8) is 0 Å². The maximum Gasteiger partial charge on any atom is 0.226 e. The molecular formula is C16H25NO2. The standard InChI is InChI=1S/C16H25NO2/c1-5-9-17(10-6-2)16(18)12-14-7-8-15(19-4)13(3)11-14/h7-8,11H,5-6,9-10,12H2,1-4H3. The number of carbonyl (C=O) groups is 1. The molecule has 1 rings (SSSR count). The van der Waals surface area contributed by atoms with Gasteiger partial charge in [-0.2, -0.15) is 0 Å². The molecule has 0 saturated carbocycles. The Morgan fingerprint density at radius 3 is 2.32 bits per heavy atom. The number of ether oxygens (including phenoxy) is 1. The van der Waals surface area contributed by atoms with Gasteiger partial charge in [0.15, 0.2) is 0 Å². The van der Waals surface area contributed by atoms with Gasteiger partial charge in [-0.15, -0.1) is 0 Å². The molecule has 1 aromatic rings. The maximum absolute atomic E-state index is 12.3. The van der Waals surface area contributed by atoms with Crippen LogP contribution in [0.5, 0.6) is 5.75 Å². The predicted octanol–water partition coefficient (Wildman–Crippen LogP) is 3.19. The summed E-state index contributed by atoms with van der Waals surface area (Å²) in [5.74, 6) is 1.09. The largest absolute Gasteiger partial charge is 0.496 e. The van der Waals surface area contributed by atoms with Gasteiger partial charge in [0.25, 0.3) is 0 Å². The first-order valence-corrected chi connectivity index (χ1v) is 7.03. The van der Waals surface area contributed by atoms with Gasteiger partial charge in [0.05, 0.1) is 13.5 Å². The highest BCUT2D eigenvalue weighted by molar-refractivity contribution is 5.78. The summed E-state index contributed by atoms with van der Waals surface area (Å²) >= 11 is 0. The molecule has 0 saturated heterocycles. The molecule has 19 heavy (non-hydrogen) atoms. The molecular weight excluding hydrogens is 238 g/mol. The molecule has 3 nitrogen and oxygen atoms in total. The van der Waals surface area contributed by atoms with Crippen LogP contribution >= 0.6 is 0 Å². The fourth-order valence-corrected chi connectivity index (χ4v) is 2.24. The van der Waals surface area contributed by atoms with Gasteiger partial charge in [0.1, 0.15) is 5.75 Å². The highest BCUT2D eigenvalue weighted by Crippen LogP contribution is 2.19. The third-order valence-electron chi connectivity index (χ3n) is 3.15. The Balaban J connectivity index is 2.71. The Bertz CT molecular complexity index is 409. The smallest absolute Gasteiger partial charge is 0.226 e. The van der Waals surface area contributed by atoms with Crippen LogP contribution in [0.3, 0.4) is 0 Å². The van der Waals surface area contributed by atoms with Gasteiger partial charge in [0.2, 0.25) is 5.91 Å². The zero-order valence-corrected chi connectivity index (χ0v) is 12.5. The summed E-state index contributed by atoms with van der Waals surface area (Å²) in [5, 5.41) is 0. The molecule has 0 aliphatic rings.